The summed E-state index contributed by atoms with van der Waals surface area (Å²) in [6.45, 7) is 5.65. The Labute approximate surface area is 211 Å². The third kappa shape index (κ3) is 5.38. The summed E-state index contributed by atoms with van der Waals surface area (Å²) in [6.07, 6.45) is -0.245. The Kier molecular flexibility index (Phi) is 7.22. The zero-order chi connectivity index (χ0) is 25.1. The highest BCUT2D eigenvalue weighted by atomic mass is 32.2. The lowest BCUT2D eigenvalue weighted by Gasteiger charge is -2.37. The van der Waals surface area contributed by atoms with Gasteiger partial charge in [0.2, 0.25) is 0 Å². The van der Waals surface area contributed by atoms with Crippen molar-refractivity contribution in [3.63, 3.8) is 0 Å². The Morgan fingerprint density at radius 1 is 0.829 bits per heavy atom. The number of carboxylic acid groups (broad SMARTS) is 1. The molecule has 1 heterocycles. The molecule has 0 unspecified atom stereocenters. The van der Waals surface area contributed by atoms with Crippen molar-refractivity contribution in [2.75, 3.05) is 6.54 Å². The first kappa shape index (κ1) is 24.9. The molecule has 1 fully saturated rings. The number of hydrogen-bond donors (Lipinski definition) is 1. The van der Waals surface area contributed by atoms with Gasteiger partial charge in [0.15, 0.2) is 0 Å². The Hall–Kier alpha value is -3.25. The molecule has 182 valence electrons. The second-order valence-electron chi connectivity index (χ2n) is 9.74. The van der Waals surface area contributed by atoms with Crippen molar-refractivity contribution in [1.29, 1.82) is 0 Å². The van der Waals surface area contributed by atoms with Crippen LogP contribution in [0, 0.1) is 0 Å². The molecule has 0 radical (unpaired) electrons. The van der Waals surface area contributed by atoms with E-state index in [2.05, 4.69) is 36.4 Å². The first-order valence-electron chi connectivity index (χ1n) is 11.8. The van der Waals surface area contributed by atoms with Gasteiger partial charge in [-0.25, -0.2) is 9.59 Å². The van der Waals surface area contributed by atoms with Gasteiger partial charge >= 0.3 is 12.1 Å². The highest BCUT2D eigenvalue weighted by molar-refractivity contribution is 8.01. The molecule has 0 spiro atoms. The lowest BCUT2D eigenvalue weighted by molar-refractivity contribution is -0.142. The molecular formula is C29H31NO4S. The van der Waals surface area contributed by atoms with Crippen LogP contribution in [0.5, 0.6) is 0 Å². The average molecular weight is 490 g/mol. The second-order valence-corrected chi connectivity index (χ2v) is 11.3. The van der Waals surface area contributed by atoms with Crippen molar-refractivity contribution < 1.29 is 19.4 Å². The normalized spacial score (nSPS) is 18.3. The van der Waals surface area contributed by atoms with Crippen LogP contribution < -0.4 is 0 Å². The van der Waals surface area contributed by atoms with E-state index < -0.39 is 28.5 Å². The number of thioether (sulfide) groups is 1. The fraction of sp³-hybridized carbons (Fsp3) is 0.310. The van der Waals surface area contributed by atoms with Crippen LogP contribution >= 0.6 is 11.8 Å². The molecule has 2 atom stereocenters. The number of aliphatic carboxylic acids is 1. The molecule has 5 nitrogen and oxygen atoms in total. The largest absolute Gasteiger partial charge is 0.480 e. The lowest BCUT2D eigenvalue weighted by atomic mass is 9.84. The summed E-state index contributed by atoms with van der Waals surface area (Å²) in [5, 5.41) is 9.82. The van der Waals surface area contributed by atoms with Crippen LogP contribution in [0.2, 0.25) is 0 Å². The molecular weight excluding hydrogens is 458 g/mol. The Bertz CT molecular complexity index is 1050. The van der Waals surface area contributed by atoms with Gasteiger partial charge in [0.05, 0.1) is 4.75 Å². The van der Waals surface area contributed by atoms with Gasteiger partial charge in [0, 0.05) is 11.8 Å². The molecule has 35 heavy (non-hydrogen) atoms. The number of hydrogen-bond acceptors (Lipinski definition) is 4. The quantitative estimate of drug-likeness (QED) is 0.419. The number of benzene rings is 3. The van der Waals surface area contributed by atoms with E-state index in [1.807, 2.05) is 54.6 Å². The fourth-order valence-corrected chi connectivity index (χ4v) is 6.44. The van der Waals surface area contributed by atoms with E-state index in [1.165, 1.54) is 4.90 Å². The van der Waals surface area contributed by atoms with Gasteiger partial charge in [-0.3, -0.25) is 4.90 Å². The molecule has 1 N–H and O–H groups in total. The number of rotatable bonds is 6. The number of carbonyl (C=O) groups excluding carboxylic acids is 1. The third-order valence-electron chi connectivity index (χ3n) is 6.06. The summed E-state index contributed by atoms with van der Waals surface area (Å²) in [6, 6.07) is 29.9. The van der Waals surface area contributed by atoms with Gasteiger partial charge < -0.3 is 9.84 Å². The minimum atomic E-state index is -1.01. The van der Waals surface area contributed by atoms with Gasteiger partial charge in [0.25, 0.3) is 0 Å². The number of likely N-dealkylation sites (tertiary alicyclic amines) is 1. The van der Waals surface area contributed by atoms with E-state index in [4.69, 9.17) is 4.74 Å². The topological polar surface area (TPSA) is 66.8 Å². The maximum absolute atomic E-state index is 12.9. The molecule has 0 aliphatic carbocycles. The van der Waals surface area contributed by atoms with Gasteiger partial charge in [-0.05, 0) is 43.9 Å². The van der Waals surface area contributed by atoms with Crippen LogP contribution in [0.4, 0.5) is 4.79 Å². The SMILES string of the molecule is CC(C)(C)OC(=O)N1C[C@H](SC(c2ccccc2)(c2ccccc2)c2ccccc2)C[C@@H]1C(=O)O. The molecule has 1 amide bonds. The Balaban J connectivity index is 1.78. The van der Waals surface area contributed by atoms with E-state index in [9.17, 15) is 14.7 Å². The van der Waals surface area contributed by atoms with E-state index >= 15 is 0 Å². The minimum absolute atomic E-state index is 0.121. The van der Waals surface area contributed by atoms with Crippen molar-refractivity contribution in [2.45, 2.75) is 48.8 Å². The smallest absolute Gasteiger partial charge is 0.411 e. The third-order valence-corrected chi connectivity index (χ3v) is 7.80. The highest BCUT2D eigenvalue weighted by Crippen LogP contribution is 2.52. The Morgan fingerprint density at radius 3 is 1.63 bits per heavy atom. The molecule has 1 saturated heterocycles. The zero-order valence-corrected chi connectivity index (χ0v) is 21.1. The molecule has 6 heteroatoms. The zero-order valence-electron chi connectivity index (χ0n) is 20.3. The summed E-state index contributed by atoms with van der Waals surface area (Å²) in [7, 11) is 0. The molecule has 0 saturated carbocycles. The predicted molar refractivity (Wildman–Crippen MR) is 140 cm³/mol. The molecule has 0 aromatic heterocycles. The fourth-order valence-electron chi connectivity index (χ4n) is 4.61. The number of nitrogens with zero attached hydrogens (tertiary/aromatic N) is 1. The molecule has 1 aliphatic rings. The lowest BCUT2D eigenvalue weighted by Crippen LogP contribution is -2.43. The van der Waals surface area contributed by atoms with Crippen molar-refractivity contribution in [3.05, 3.63) is 108 Å². The van der Waals surface area contributed by atoms with E-state index in [-0.39, 0.29) is 5.25 Å². The van der Waals surface area contributed by atoms with Crippen molar-refractivity contribution in [3.8, 4) is 0 Å². The molecule has 4 rings (SSSR count). The second kappa shape index (κ2) is 10.2. The van der Waals surface area contributed by atoms with Crippen molar-refractivity contribution in [1.82, 2.24) is 4.90 Å². The molecule has 0 bridgehead atoms. The maximum Gasteiger partial charge on any atom is 0.411 e. The van der Waals surface area contributed by atoms with Crippen LogP contribution in [0.25, 0.3) is 0 Å². The molecule has 3 aromatic carbocycles. The summed E-state index contributed by atoms with van der Waals surface area (Å²) in [4.78, 5) is 26.4. The maximum atomic E-state index is 12.9. The standard InChI is InChI=1S/C29H31NO4S/c1-28(2,3)34-27(33)30-20-24(19-25(30)26(31)32)35-29(21-13-7-4-8-14-21,22-15-9-5-10-16-22)23-17-11-6-12-18-23/h4-18,24-25H,19-20H2,1-3H3,(H,31,32)/t24-,25-/m1/s1. The first-order valence-corrected chi connectivity index (χ1v) is 12.7. The summed E-state index contributed by atoms with van der Waals surface area (Å²) in [5.74, 6) is -1.01. The van der Waals surface area contributed by atoms with Crippen LogP contribution in [0.1, 0.15) is 43.9 Å². The number of ether oxygens (including phenoxy) is 1. The predicted octanol–water partition coefficient (Wildman–Crippen LogP) is 6.17. The van der Waals surface area contributed by atoms with E-state index in [1.54, 1.807) is 32.5 Å². The summed E-state index contributed by atoms with van der Waals surface area (Å²) in [5.41, 5.74) is 2.60. The number of carboxylic acids is 1. The average Bonchev–Trinajstić information content (AvgIpc) is 3.28. The monoisotopic (exact) mass is 489 g/mol. The highest BCUT2D eigenvalue weighted by Gasteiger charge is 2.47. The summed E-state index contributed by atoms with van der Waals surface area (Å²) < 4.78 is 4.97. The van der Waals surface area contributed by atoms with Crippen LogP contribution in [0.15, 0.2) is 91.0 Å². The number of amides is 1. The Morgan fingerprint density at radius 2 is 1.26 bits per heavy atom. The van der Waals surface area contributed by atoms with Crippen molar-refractivity contribution in [2.24, 2.45) is 0 Å². The van der Waals surface area contributed by atoms with E-state index in [0.29, 0.717) is 13.0 Å². The van der Waals surface area contributed by atoms with Gasteiger partial charge in [-0.1, -0.05) is 91.0 Å². The van der Waals surface area contributed by atoms with Crippen molar-refractivity contribution >= 4 is 23.8 Å². The molecule has 1 aliphatic heterocycles. The van der Waals surface area contributed by atoms with Gasteiger partial charge in [0.1, 0.15) is 11.6 Å². The molecule has 3 aromatic rings. The summed E-state index contributed by atoms with van der Waals surface area (Å²) >= 11 is 1.71. The van der Waals surface area contributed by atoms with Crippen LogP contribution in [-0.2, 0) is 14.3 Å². The van der Waals surface area contributed by atoms with Crippen LogP contribution in [-0.4, -0.2) is 45.5 Å². The number of carbonyl (C=O) groups is 2. The van der Waals surface area contributed by atoms with Gasteiger partial charge in [-0.2, -0.15) is 0 Å². The van der Waals surface area contributed by atoms with Crippen LogP contribution in [0.3, 0.4) is 0 Å². The van der Waals surface area contributed by atoms with Gasteiger partial charge in [-0.15, -0.1) is 11.8 Å². The first-order chi connectivity index (χ1) is 16.7. The minimum Gasteiger partial charge on any atom is -0.480 e. The van der Waals surface area contributed by atoms with E-state index in [0.717, 1.165) is 16.7 Å².